The zero-order valence-electron chi connectivity index (χ0n) is 19.0. The van der Waals surface area contributed by atoms with Gasteiger partial charge in [-0.2, -0.15) is 8.42 Å². The summed E-state index contributed by atoms with van der Waals surface area (Å²) in [6.45, 7) is 1.84. The number of nitrogens with one attached hydrogen (secondary N) is 1. The van der Waals surface area contributed by atoms with Gasteiger partial charge in [0.05, 0.1) is 12.8 Å². The molecular weight excluding hydrogens is 524 g/mol. The normalized spacial score (nSPS) is 15.1. The van der Waals surface area contributed by atoms with Crippen LogP contribution in [0.15, 0.2) is 77.2 Å². The molecule has 0 atom stereocenters. The van der Waals surface area contributed by atoms with Crippen molar-refractivity contribution in [3.63, 3.8) is 0 Å². The van der Waals surface area contributed by atoms with Crippen LogP contribution in [0.4, 0.5) is 5.69 Å². The molecule has 0 bridgehead atoms. The Morgan fingerprint density at radius 1 is 0.972 bits per heavy atom. The number of halogens is 1. The molecule has 8 nitrogen and oxygen atoms in total. The van der Waals surface area contributed by atoms with Crippen LogP contribution in [0, 0.1) is 6.92 Å². The minimum absolute atomic E-state index is 0.0101. The number of carbonyl (C=O) groups excluding carboxylic acids is 2. The van der Waals surface area contributed by atoms with E-state index in [2.05, 4.69) is 5.32 Å². The highest BCUT2D eigenvalue weighted by Gasteiger charge is 2.34. The molecule has 1 fully saturated rings. The van der Waals surface area contributed by atoms with E-state index in [9.17, 15) is 18.0 Å². The van der Waals surface area contributed by atoms with Crippen molar-refractivity contribution in [2.24, 2.45) is 0 Å². The van der Waals surface area contributed by atoms with Gasteiger partial charge in [0.15, 0.2) is 16.6 Å². The molecule has 184 valence electrons. The van der Waals surface area contributed by atoms with Crippen molar-refractivity contribution in [3.8, 4) is 11.5 Å². The van der Waals surface area contributed by atoms with Crippen molar-refractivity contribution in [2.45, 2.75) is 11.8 Å². The average molecular weight is 543 g/mol. The molecule has 0 aliphatic carbocycles. The number of thiocarbonyl (C=S) groups is 1. The Morgan fingerprint density at radius 3 is 2.28 bits per heavy atom. The van der Waals surface area contributed by atoms with Gasteiger partial charge in [-0.15, -0.1) is 0 Å². The maximum Gasteiger partial charge on any atom is 0.339 e. The van der Waals surface area contributed by atoms with Crippen LogP contribution in [0.5, 0.6) is 11.5 Å². The van der Waals surface area contributed by atoms with Crippen LogP contribution in [0.3, 0.4) is 0 Å². The van der Waals surface area contributed by atoms with Crippen LogP contribution < -0.4 is 19.1 Å². The van der Waals surface area contributed by atoms with Crippen molar-refractivity contribution >= 4 is 62.6 Å². The number of anilines is 1. The maximum atomic E-state index is 13.2. The molecule has 1 saturated heterocycles. The summed E-state index contributed by atoms with van der Waals surface area (Å²) in [7, 11) is -2.77. The van der Waals surface area contributed by atoms with E-state index >= 15 is 0 Å². The van der Waals surface area contributed by atoms with Gasteiger partial charge in [0.1, 0.15) is 10.5 Å². The Kier molecular flexibility index (Phi) is 7.11. The highest BCUT2D eigenvalue weighted by molar-refractivity contribution is 7.87. The Balaban J connectivity index is 1.64. The first-order chi connectivity index (χ1) is 17.1. The molecule has 1 aliphatic rings. The van der Waals surface area contributed by atoms with Gasteiger partial charge >= 0.3 is 10.1 Å². The molecule has 1 N–H and O–H groups in total. The fourth-order valence-corrected chi connectivity index (χ4v) is 4.71. The molecule has 36 heavy (non-hydrogen) atoms. The van der Waals surface area contributed by atoms with E-state index in [0.717, 1.165) is 5.56 Å². The second-order valence-corrected chi connectivity index (χ2v) is 10.1. The summed E-state index contributed by atoms with van der Waals surface area (Å²) in [4.78, 5) is 26.9. The zero-order valence-corrected chi connectivity index (χ0v) is 21.4. The lowest BCUT2D eigenvalue weighted by Gasteiger charge is -2.29. The van der Waals surface area contributed by atoms with Gasteiger partial charge in [-0.05, 0) is 79.3 Å². The average Bonchev–Trinajstić information content (AvgIpc) is 2.83. The third-order valence-corrected chi connectivity index (χ3v) is 6.98. The first kappa shape index (κ1) is 25.4. The quantitative estimate of drug-likeness (QED) is 0.215. The molecule has 0 spiro atoms. The Labute approximate surface area is 218 Å². The first-order valence-electron chi connectivity index (χ1n) is 10.5. The van der Waals surface area contributed by atoms with Gasteiger partial charge in [0, 0.05) is 5.02 Å². The zero-order chi connectivity index (χ0) is 26.0. The van der Waals surface area contributed by atoms with Crippen LogP contribution >= 0.6 is 23.8 Å². The van der Waals surface area contributed by atoms with Crippen LogP contribution in [-0.2, 0) is 19.7 Å². The molecule has 0 radical (unpaired) electrons. The standard InChI is InChI=1S/C25H19ClN2O6S2/c1-15-3-10-19(11-4-15)36(31,32)34-21-12-5-16(14-22(21)33-2)13-20-23(29)27-25(35)28(24(20)30)18-8-6-17(26)7-9-18/h3-14H,1-2H3,(H,27,29,35)/b20-13-. The fraction of sp³-hybridized carbons (Fsp3) is 0.0800. The number of hydrogen-bond donors (Lipinski definition) is 1. The maximum absolute atomic E-state index is 13.2. The second-order valence-electron chi connectivity index (χ2n) is 7.70. The van der Waals surface area contributed by atoms with Crippen LogP contribution in [0.25, 0.3) is 6.08 Å². The van der Waals surface area contributed by atoms with Gasteiger partial charge in [-0.25, -0.2) is 0 Å². The van der Waals surface area contributed by atoms with Crippen LogP contribution in [0.1, 0.15) is 11.1 Å². The minimum atomic E-state index is -4.11. The summed E-state index contributed by atoms with van der Waals surface area (Å²) in [5.41, 5.74) is 1.56. The molecule has 0 unspecified atom stereocenters. The summed E-state index contributed by atoms with van der Waals surface area (Å²) in [5.74, 6) is -1.26. The Morgan fingerprint density at radius 2 is 1.64 bits per heavy atom. The lowest BCUT2D eigenvalue weighted by molar-refractivity contribution is -0.122. The Hall–Kier alpha value is -3.73. The minimum Gasteiger partial charge on any atom is -0.493 e. The van der Waals surface area contributed by atoms with E-state index in [4.69, 9.17) is 32.7 Å². The topological polar surface area (TPSA) is 102 Å². The number of ether oxygens (including phenoxy) is 1. The number of aryl methyl sites for hydroxylation is 1. The smallest absolute Gasteiger partial charge is 0.339 e. The van der Waals surface area contributed by atoms with Gasteiger partial charge in [-0.3, -0.25) is 19.8 Å². The molecule has 4 rings (SSSR count). The summed E-state index contributed by atoms with van der Waals surface area (Å²) in [6.07, 6.45) is 1.35. The van der Waals surface area contributed by atoms with E-state index in [-0.39, 0.29) is 27.1 Å². The van der Waals surface area contributed by atoms with Gasteiger partial charge in [0.2, 0.25) is 0 Å². The lowest BCUT2D eigenvalue weighted by Crippen LogP contribution is -2.54. The van der Waals surface area contributed by atoms with Crippen LogP contribution in [-0.4, -0.2) is 32.5 Å². The molecule has 1 heterocycles. The van der Waals surface area contributed by atoms with E-state index in [1.807, 2.05) is 6.92 Å². The number of benzene rings is 3. The van der Waals surface area contributed by atoms with Crippen molar-refractivity contribution in [2.75, 3.05) is 12.0 Å². The summed E-state index contributed by atoms with van der Waals surface area (Å²) in [5, 5.41) is 2.91. The lowest BCUT2D eigenvalue weighted by atomic mass is 10.1. The van der Waals surface area contributed by atoms with E-state index in [1.165, 1.54) is 48.4 Å². The fourth-order valence-electron chi connectivity index (χ4n) is 3.36. The van der Waals surface area contributed by atoms with E-state index < -0.39 is 21.9 Å². The summed E-state index contributed by atoms with van der Waals surface area (Å²) >= 11 is 11.1. The number of carbonyl (C=O) groups is 2. The number of methoxy groups -OCH3 is 1. The number of nitrogens with zero attached hydrogens (tertiary/aromatic N) is 1. The highest BCUT2D eigenvalue weighted by Crippen LogP contribution is 2.32. The summed E-state index contributed by atoms with van der Waals surface area (Å²) in [6, 6.07) is 16.9. The SMILES string of the molecule is COc1cc(/C=C2/C(=O)NC(=S)N(c3ccc(Cl)cc3)C2=O)ccc1OS(=O)(=O)c1ccc(C)cc1. The van der Waals surface area contributed by atoms with Gasteiger partial charge in [-0.1, -0.05) is 35.4 Å². The predicted octanol–water partition coefficient (Wildman–Crippen LogP) is 4.26. The second kappa shape index (κ2) is 10.1. The third-order valence-electron chi connectivity index (χ3n) is 5.19. The van der Waals surface area contributed by atoms with Gasteiger partial charge in [0.25, 0.3) is 11.8 Å². The van der Waals surface area contributed by atoms with Gasteiger partial charge < -0.3 is 8.92 Å². The number of hydrogen-bond acceptors (Lipinski definition) is 7. The molecule has 0 saturated carbocycles. The first-order valence-corrected chi connectivity index (χ1v) is 12.6. The van der Waals surface area contributed by atoms with Crippen molar-refractivity contribution in [3.05, 3.63) is 88.5 Å². The number of amides is 2. The highest BCUT2D eigenvalue weighted by atomic mass is 35.5. The molecule has 2 amide bonds. The molecule has 3 aromatic rings. The molecule has 0 aromatic heterocycles. The van der Waals surface area contributed by atoms with E-state index in [0.29, 0.717) is 16.3 Å². The third kappa shape index (κ3) is 5.25. The van der Waals surface area contributed by atoms with Crippen molar-refractivity contribution < 1.29 is 26.9 Å². The molecule has 11 heteroatoms. The molecule has 3 aromatic carbocycles. The summed E-state index contributed by atoms with van der Waals surface area (Å²) < 4.78 is 35.9. The Bertz CT molecular complexity index is 1500. The van der Waals surface area contributed by atoms with E-state index in [1.54, 1.807) is 36.4 Å². The van der Waals surface area contributed by atoms with Crippen molar-refractivity contribution in [1.29, 1.82) is 0 Å². The monoisotopic (exact) mass is 542 g/mol. The molecule has 1 aliphatic heterocycles. The molecular formula is C25H19ClN2O6S2. The van der Waals surface area contributed by atoms with Crippen LogP contribution in [0.2, 0.25) is 5.02 Å². The predicted molar refractivity (Wildman–Crippen MR) is 140 cm³/mol. The number of rotatable bonds is 6. The van der Waals surface area contributed by atoms with Crippen molar-refractivity contribution in [1.82, 2.24) is 5.32 Å². The largest absolute Gasteiger partial charge is 0.493 e.